The van der Waals surface area contributed by atoms with Crippen molar-refractivity contribution in [1.29, 1.82) is 0 Å². The van der Waals surface area contributed by atoms with Crippen LogP contribution in [0.5, 0.6) is 0 Å². The molecule has 0 fully saturated rings. The second-order valence-electron chi connectivity index (χ2n) is 3.24. The molecule has 0 aliphatic heterocycles. The Hall–Kier alpha value is -1.30. The van der Waals surface area contributed by atoms with Crippen molar-refractivity contribution in [2.24, 2.45) is 0 Å². The highest BCUT2D eigenvalue weighted by molar-refractivity contribution is 5.65. The van der Waals surface area contributed by atoms with E-state index in [4.69, 9.17) is 0 Å². The highest BCUT2D eigenvalue weighted by Crippen LogP contribution is 2.14. The largest absolute Gasteiger partial charge is 0.0877 e. The van der Waals surface area contributed by atoms with Gasteiger partial charge in [-0.2, -0.15) is 0 Å². The van der Waals surface area contributed by atoms with E-state index in [-0.39, 0.29) is 0 Å². The minimum atomic E-state index is 1.30. The highest BCUT2D eigenvalue weighted by Gasteiger charge is 1.92. The van der Waals surface area contributed by atoms with Crippen LogP contribution in [-0.2, 0) is 0 Å². The second-order valence-corrected chi connectivity index (χ2v) is 3.24. The Kier molecular flexibility index (Phi) is 13.6. The molecule has 0 aliphatic carbocycles. The highest BCUT2D eigenvalue weighted by atomic mass is 14.0. The van der Waals surface area contributed by atoms with Crippen molar-refractivity contribution in [2.75, 3.05) is 0 Å². The Morgan fingerprint density at radius 1 is 0.941 bits per heavy atom. The molecule has 0 radical (unpaired) electrons. The summed E-state index contributed by atoms with van der Waals surface area (Å²) in [6, 6.07) is 8.60. The summed E-state index contributed by atoms with van der Waals surface area (Å²) >= 11 is 0. The zero-order valence-corrected chi connectivity index (χ0v) is 12.5. The van der Waals surface area contributed by atoms with E-state index in [0.717, 1.165) is 0 Å². The van der Waals surface area contributed by atoms with Crippen LogP contribution in [-0.4, -0.2) is 0 Å². The molecule has 0 N–H and O–H groups in total. The van der Waals surface area contributed by atoms with Crippen molar-refractivity contribution in [3.63, 3.8) is 0 Å². The summed E-state index contributed by atoms with van der Waals surface area (Å²) < 4.78 is 0. The molecule has 96 valence electrons. The van der Waals surface area contributed by atoms with Gasteiger partial charge in [-0.3, -0.25) is 0 Å². The molecule has 0 spiro atoms. The maximum absolute atomic E-state index is 2.16. The fourth-order valence-corrected chi connectivity index (χ4v) is 1.15. The number of benzene rings is 1. The first-order chi connectivity index (χ1) is 8.24. The molecular weight excluding hydrogens is 204 g/mol. The van der Waals surface area contributed by atoms with Gasteiger partial charge < -0.3 is 0 Å². The molecule has 0 nitrogen and oxygen atoms in total. The molecule has 1 aromatic carbocycles. The fraction of sp³-hybridized carbons (Fsp3) is 0.412. The third kappa shape index (κ3) is 8.50. The predicted octanol–water partition coefficient (Wildman–Crippen LogP) is 6.03. The minimum absolute atomic E-state index is 1.30. The van der Waals surface area contributed by atoms with E-state index in [2.05, 4.69) is 50.3 Å². The van der Waals surface area contributed by atoms with Gasteiger partial charge in [-0.15, -0.1) is 0 Å². The zero-order chi connectivity index (χ0) is 13.7. The maximum atomic E-state index is 2.16. The first-order valence-electron chi connectivity index (χ1n) is 6.60. The normalized spacial score (nSPS) is 10.2. The second kappa shape index (κ2) is 12.8. The van der Waals surface area contributed by atoms with Crippen molar-refractivity contribution >= 4 is 5.57 Å². The van der Waals surface area contributed by atoms with E-state index >= 15 is 0 Å². The van der Waals surface area contributed by atoms with Gasteiger partial charge >= 0.3 is 0 Å². The van der Waals surface area contributed by atoms with Gasteiger partial charge in [-0.1, -0.05) is 75.8 Å². The summed E-state index contributed by atoms with van der Waals surface area (Å²) in [5.74, 6) is 0. The molecule has 0 saturated heterocycles. The number of hydrogen-bond donors (Lipinski definition) is 0. The summed E-state index contributed by atoms with van der Waals surface area (Å²) in [6.07, 6.45) is 6.23. The number of allylic oxidation sites excluding steroid dienone is 4. The average Bonchev–Trinajstić information content (AvgIpc) is 2.41. The number of hydrogen-bond acceptors (Lipinski definition) is 0. The Bertz CT molecular complexity index is 312. The molecule has 0 heteroatoms. The van der Waals surface area contributed by atoms with Crippen LogP contribution in [0.3, 0.4) is 0 Å². The molecule has 0 unspecified atom stereocenters. The van der Waals surface area contributed by atoms with Gasteiger partial charge in [0, 0.05) is 0 Å². The van der Waals surface area contributed by atoms with Gasteiger partial charge in [-0.05, 0) is 31.9 Å². The first-order valence-corrected chi connectivity index (χ1v) is 6.60. The third-order valence-electron chi connectivity index (χ3n) is 2.05. The van der Waals surface area contributed by atoms with Crippen molar-refractivity contribution in [3.8, 4) is 0 Å². The average molecular weight is 232 g/mol. The van der Waals surface area contributed by atoms with Crippen LogP contribution in [0.4, 0.5) is 0 Å². The van der Waals surface area contributed by atoms with Gasteiger partial charge in [0.25, 0.3) is 0 Å². The SMILES string of the molecule is C/C=C\C=C(/C)c1ccc(C)cc1.CC.CC. The first kappa shape index (κ1) is 18.1. The molecule has 1 rings (SSSR count). The molecule has 0 atom stereocenters. The van der Waals surface area contributed by atoms with Crippen molar-refractivity contribution in [3.05, 3.63) is 53.6 Å². The third-order valence-corrected chi connectivity index (χ3v) is 2.05. The summed E-state index contributed by atoms with van der Waals surface area (Å²) in [6.45, 7) is 14.3. The van der Waals surface area contributed by atoms with Crippen LogP contribution in [0.2, 0.25) is 0 Å². The van der Waals surface area contributed by atoms with Crippen LogP contribution in [0.25, 0.3) is 5.57 Å². The van der Waals surface area contributed by atoms with Crippen molar-refractivity contribution in [1.82, 2.24) is 0 Å². The minimum Gasteiger partial charge on any atom is -0.0877 e. The van der Waals surface area contributed by atoms with E-state index in [1.54, 1.807) is 0 Å². The topological polar surface area (TPSA) is 0 Å². The zero-order valence-electron chi connectivity index (χ0n) is 12.5. The molecular formula is C17H28. The van der Waals surface area contributed by atoms with E-state index in [1.807, 2.05) is 40.7 Å². The van der Waals surface area contributed by atoms with Crippen LogP contribution in [0.1, 0.15) is 52.7 Å². The summed E-state index contributed by atoms with van der Waals surface area (Å²) in [5.41, 5.74) is 3.91. The summed E-state index contributed by atoms with van der Waals surface area (Å²) in [4.78, 5) is 0. The lowest BCUT2D eigenvalue weighted by Gasteiger charge is -2.00. The van der Waals surface area contributed by atoms with Crippen LogP contribution in [0, 0.1) is 6.92 Å². The van der Waals surface area contributed by atoms with E-state index in [9.17, 15) is 0 Å². The molecule has 17 heavy (non-hydrogen) atoms. The van der Waals surface area contributed by atoms with Gasteiger partial charge in [-0.25, -0.2) is 0 Å². The number of rotatable bonds is 2. The summed E-state index contributed by atoms with van der Waals surface area (Å²) in [5, 5.41) is 0. The standard InChI is InChI=1S/C13H16.2C2H6/c1-4-5-6-12(3)13-9-7-11(2)8-10-13;2*1-2/h4-10H,1-3H3;2*1-2H3/b5-4-,12-6+;;. The molecule has 0 bridgehead atoms. The van der Waals surface area contributed by atoms with Gasteiger partial charge in [0.05, 0.1) is 0 Å². The molecule has 0 aliphatic rings. The van der Waals surface area contributed by atoms with Crippen molar-refractivity contribution < 1.29 is 0 Å². The monoisotopic (exact) mass is 232 g/mol. The summed E-state index contributed by atoms with van der Waals surface area (Å²) in [7, 11) is 0. The molecule has 1 aromatic rings. The quantitative estimate of drug-likeness (QED) is 0.546. The van der Waals surface area contributed by atoms with Crippen molar-refractivity contribution in [2.45, 2.75) is 48.5 Å². The lowest BCUT2D eigenvalue weighted by Crippen LogP contribution is -1.78. The Balaban J connectivity index is 0. The van der Waals surface area contributed by atoms with E-state index in [0.29, 0.717) is 0 Å². The molecule has 0 aromatic heterocycles. The van der Waals surface area contributed by atoms with Gasteiger partial charge in [0.2, 0.25) is 0 Å². The maximum Gasteiger partial charge on any atom is -0.0227 e. The number of aryl methyl sites for hydroxylation is 1. The molecule has 0 amide bonds. The fourth-order valence-electron chi connectivity index (χ4n) is 1.15. The predicted molar refractivity (Wildman–Crippen MR) is 82.3 cm³/mol. The molecule has 0 heterocycles. The van der Waals surface area contributed by atoms with Gasteiger partial charge in [0.1, 0.15) is 0 Å². The van der Waals surface area contributed by atoms with E-state index < -0.39 is 0 Å². The van der Waals surface area contributed by atoms with Crippen LogP contribution in [0.15, 0.2) is 42.5 Å². The Morgan fingerprint density at radius 2 is 1.41 bits per heavy atom. The van der Waals surface area contributed by atoms with Crippen LogP contribution >= 0.6 is 0 Å². The smallest absolute Gasteiger partial charge is 0.0227 e. The van der Waals surface area contributed by atoms with Gasteiger partial charge in [0.15, 0.2) is 0 Å². The van der Waals surface area contributed by atoms with E-state index in [1.165, 1.54) is 16.7 Å². The Labute approximate surface area is 108 Å². The van der Waals surface area contributed by atoms with Crippen LogP contribution < -0.4 is 0 Å². The Morgan fingerprint density at radius 3 is 1.82 bits per heavy atom. The lowest BCUT2D eigenvalue weighted by atomic mass is 10.1. The lowest BCUT2D eigenvalue weighted by molar-refractivity contribution is 1.44. The molecule has 0 saturated carbocycles.